The average Bonchev–Trinajstić information content (AvgIpc) is 2.61. The summed E-state index contributed by atoms with van der Waals surface area (Å²) in [6.07, 6.45) is 3.57. The normalized spacial score (nSPS) is 17.3. The van der Waals surface area contributed by atoms with Crippen molar-refractivity contribution in [2.24, 2.45) is 0 Å². The van der Waals surface area contributed by atoms with E-state index < -0.39 is 0 Å². The molecule has 0 saturated heterocycles. The Hall–Kier alpha value is -0.900. The molecule has 1 N–H and O–H groups in total. The quantitative estimate of drug-likeness (QED) is 0.761. The summed E-state index contributed by atoms with van der Waals surface area (Å²) in [4.78, 5) is 2.26. The van der Waals surface area contributed by atoms with Gasteiger partial charge in [0.05, 0.1) is 18.6 Å². The fourth-order valence-corrected chi connectivity index (χ4v) is 1.75. The van der Waals surface area contributed by atoms with E-state index in [4.69, 9.17) is 0 Å². The Morgan fingerprint density at radius 2 is 2.54 bits per heavy atom. The van der Waals surface area contributed by atoms with Gasteiger partial charge in [-0.1, -0.05) is 0 Å². The number of rotatable bonds is 3. The lowest BCUT2D eigenvalue weighted by atomic mass is 10.1. The number of alkyl halides is 1. The van der Waals surface area contributed by atoms with Gasteiger partial charge in [0.25, 0.3) is 0 Å². The molecule has 2 heterocycles. The van der Waals surface area contributed by atoms with Crippen molar-refractivity contribution in [1.29, 1.82) is 0 Å². The Morgan fingerprint density at radius 1 is 1.62 bits per heavy atom. The van der Waals surface area contributed by atoms with E-state index in [0.717, 1.165) is 26.1 Å². The van der Waals surface area contributed by atoms with Crippen molar-refractivity contribution < 1.29 is 4.39 Å². The highest BCUT2D eigenvalue weighted by Gasteiger charge is 2.16. The molecule has 0 aromatic carbocycles. The maximum absolute atomic E-state index is 11.9. The van der Waals surface area contributed by atoms with E-state index in [0.29, 0.717) is 6.42 Å². The molecule has 0 bridgehead atoms. The van der Waals surface area contributed by atoms with Gasteiger partial charge in [-0.15, -0.1) is 0 Å². The topological polar surface area (TPSA) is 31.9 Å². The molecular formula is C9H14FN3. The third-order valence-electron chi connectivity index (χ3n) is 2.49. The maximum Gasteiger partial charge on any atom is 0.0906 e. The molecule has 0 unspecified atom stereocenters. The van der Waals surface area contributed by atoms with Crippen molar-refractivity contribution in [1.82, 2.24) is 15.1 Å². The van der Waals surface area contributed by atoms with Gasteiger partial charge in [-0.2, -0.15) is 5.10 Å². The number of nitrogens with one attached hydrogen (secondary N) is 1. The van der Waals surface area contributed by atoms with Crippen LogP contribution in [-0.2, 0) is 13.0 Å². The zero-order valence-corrected chi connectivity index (χ0v) is 7.59. The van der Waals surface area contributed by atoms with Crippen molar-refractivity contribution in [3.63, 3.8) is 0 Å². The molecule has 1 aromatic rings. The van der Waals surface area contributed by atoms with Crippen LogP contribution in [0.3, 0.4) is 0 Å². The predicted octanol–water partition coefficient (Wildman–Crippen LogP) is 1.13. The summed E-state index contributed by atoms with van der Waals surface area (Å²) in [7, 11) is 0. The largest absolute Gasteiger partial charge is 0.297 e. The molecule has 4 heteroatoms. The Labute approximate surface area is 76.9 Å². The molecule has 0 saturated carbocycles. The Balaban J connectivity index is 1.93. The van der Waals surface area contributed by atoms with E-state index in [9.17, 15) is 4.39 Å². The lowest BCUT2D eigenvalue weighted by molar-refractivity contribution is 0.238. The molecule has 1 aliphatic heterocycles. The lowest BCUT2D eigenvalue weighted by Crippen LogP contribution is -2.31. The molecule has 0 atom stereocenters. The minimum atomic E-state index is -0.216. The Morgan fingerprint density at radius 3 is 3.38 bits per heavy atom. The minimum Gasteiger partial charge on any atom is -0.297 e. The summed E-state index contributed by atoms with van der Waals surface area (Å²) >= 11 is 0. The summed E-state index contributed by atoms with van der Waals surface area (Å²) in [6, 6.07) is 0. The van der Waals surface area contributed by atoms with Gasteiger partial charge in [-0.25, -0.2) is 0 Å². The highest BCUT2D eigenvalue weighted by molar-refractivity contribution is 5.18. The van der Waals surface area contributed by atoms with Gasteiger partial charge in [0.1, 0.15) is 0 Å². The molecule has 2 rings (SSSR count). The SMILES string of the molecule is FCCCN1CCc2cn[nH]c2C1. The molecule has 1 aromatic heterocycles. The van der Waals surface area contributed by atoms with Crippen LogP contribution in [0.25, 0.3) is 0 Å². The summed E-state index contributed by atoms with van der Waals surface area (Å²) in [5, 5.41) is 6.97. The van der Waals surface area contributed by atoms with Crippen LogP contribution < -0.4 is 0 Å². The van der Waals surface area contributed by atoms with Crippen LogP contribution in [0.1, 0.15) is 17.7 Å². The van der Waals surface area contributed by atoms with E-state index >= 15 is 0 Å². The number of nitrogens with zero attached hydrogens (tertiary/aromatic N) is 2. The van der Waals surface area contributed by atoms with Crippen LogP contribution in [0.4, 0.5) is 4.39 Å². The molecule has 13 heavy (non-hydrogen) atoms. The standard InChI is InChI=1S/C9H14FN3/c10-3-1-4-13-5-2-8-6-11-12-9(8)7-13/h6H,1-5,7H2,(H,11,12). The molecule has 0 spiro atoms. The number of aromatic amines is 1. The maximum atomic E-state index is 11.9. The van der Waals surface area contributed by atoms with Crippen molar-refractivity contribution in [2.75, 3.05) is 19.8 Å². The monoisotopic (exact) mass is 183 g/mol. The zero-order valence-electron chi connectivity index (χ0n) is 7.59. The van der Waals surface area contributed by atoms with Crippen LogP contribution >= 0.6 is 0 Å². The number of hydrogen-bond donors (Lipinski definition) is 1. The van der Waals surface area contributed by atoms with Gasteiger partial charge in [-0.3, -0.25) is 14.4 Å². The van der Waals surface area contributed by atoms with Crippen LogP contribution in [0.2, 0.25) is 0 Å². The van der Waals surface area contributed by atoms with Crippen molar-refractivity contribution in [3.05, 3.63) is 17.5 Å². The van der Waals surface area contributed by atoms with Crippen LogP contribution in [0.15, 0.2) is 6.20 Å². The average molecular weight is 183 g/mol. The summed E-state index contributed by atoms with van der Waals surface area (Å²) in [5.74, 6) is 0. The number of halogens is 1. The molecule has 0 aliphatic carbocycles. The second kappa shape index (κ2) is 3.87. The first-order valence-electron chi connectivity index (χ1n) is 4.69. The van der Waals surface area contributed by atoms with Crippen LogP contribution in [-0.4, -0.2) is 34.9 Å². The second-order valence-corrected chi connectivity index (χ2v) is 3.44. The van der Waals surface area contributed by atoms with Gasteiger partial charge >= 0.3 is 0 Å². The molecule has 0 amide bonds. The van der Waals surface area contributed by atoms with Crippen molar-refractivity contribution >= 4 is 0 Å². The first kappa shape index (κ1) is 8.69. The smallest absolute Gasteiger partial charge is 0.0906 e. The van der Waals surface area contributed by atoms with Crippen molar-refractivity contribution in [3.8, 4) is 0 Å². The fraction of sp³-hybridized carbons (Fsp3) is 0.667. The molecule has 72 valence electrons. The van der Waals surface area contributed by atoms with Gasteiger partial charge < -0.3 is 0 Å². The second-order valence-electron chi connectivity index (χ2n) is 3.44. The molecule has 0 fully saturated rings. The zero-order chi connectivity index (χ0) is 9.10. The number of H-pyrrole nitrogens is 1. The van der Waals surface area contributed by atoms with Gasteiger partial charge in [0.2, 0.25) is 0 Å². The number of aromatic nitrogens is 2. The molecule has 0 radical (unpaired) electrons. The van der Waals surface area contributed by atoms with Crippen LogP contribution in [0, 0.1) is 0 Å². The first-order valence-corrected chi connectivity index (χ1v) is 4.69. The fourth-order valence-electron chi connectivity index (χ4n) is 1.75. The Bertz CT molecular complexity index is 272. The predicted molar refractivity (Wildman–Crippen MR) is 48.2 cm³/mol. The minimum absolute atomic E-state index is 0.216. The highest BCUT2D eigenvalue weighted by atomic mass is 19.1. The molecular weight excluding hydrogens is 169 g/mol. The van der Waals surface area contributed by atoms with Gasteiger partial charge in [-0.05, 0) is 18.4 Å². The summed E-state index contributed by atoms with van der Waals surface area (Å²) in [6.45, 7) is 2.57. The van der Waals surface area contributed by atoms with Gasteiger partial charge in [0.15, 0.2) is 0 Å². The van der Waals surface area contributed by atoms with Crippen LogP contribution in [0.5, 0.6) is 0 Å². The third-order valence-corrected chi connectivity index (χ3v) is 2.49. The third kappa shape index (κ3) is 1.88. The molecule has 3 nitrogen and oxygen atoms in total. The lowest BCUT2D eigenvalue weighted by Gasteiger charge is -2.25. The summed E-state index contributed by atoms with van der Waals surface area (Å²) < 4.78 is 11.9. The number of hydrogen-bond acceptors (Lipinski definition) is 2. The molecule has 1 aliphatic rings. The summed E-state index contributed by atoms with van der Waals surface area (Å²) in [5.41, 5.74) is 2.52. The Kier molecular flexibility index (Phi) is 2.59. The van der Waals surface area contributed by atoms with E-state index in [-0.39, 0.29) is 6.67 Å². The van der Waals surface area contributed by atoms with E-state index in [1.807, 2.05) is 6.20 Å². The van der Waals surface area contributed by atoms with E-state index in [1.165, 1.54) is 11.3 Å². The van der Waals surface area contributed by atoms with E-state index in [1.54, 1.807) is 0 Å². The van der Waals surface area contributed by atoms with Crippen molar-refractivity contribution in [2.45, 2.75) is 19.4 Å². The van der Waals surface area contributed by atoms with Gasteiger partial charge in [0, 0.05) is 19.6 Å². The highest BCUT2D eigenvalue weighted by Crippen LogP contribution is 2.15. The van der Waals surface area contributed by atoms with E-state index in [2.05, 4.69) is 15.1 Å². The number of fused-ring (bicyclic) bond motifs is 1. The first-order chi connectivity index (χ1) is 6.40.